The Morgan fingerprint density at radius 3 is 2.56 bits per heavy atom. The first-order valence-electron chi connectivity index (χ1n) is 5.23. The van der Waals surface area contributed by atoms with E-state index in [0.29, 0.717) is 11.6 Å². The fraction of sp³-hybridized carbons (Fsp3) is 0.0714. The molecule has 0 heterocycles. The highest BCUT2D eigenvalue weighted by Gasteiger charge is 2.18. The number of aliphatic hydroxyl groups excluding tert-OH is 1. The van der Waals surface area contributed by atoms with Gasteiger partial charge in [-0.05, 0) is 10.8 Å². The second-order valence-corrected chi connectivity index (χ2v) is 3.71. The Balaban J connectivity index is 2.88. The summed E-state index contributed by atoms with van der Waals surface area (Å²) in [6.45, 7) is 0. The Bertz CT molecular complexity index is 656. The van der Waals surface area contributed by atoms with Crippen LogP contribution < -0.4 is 0 Å². The zero-order valence-electron chi connectivity index (χ0n) is 9.27. The molecule has 0 amide bonds. The molecule has 4 heteroatoms. The molecule has 0 aliphatic rings. The molecule has 90 valence electrons. The summed E-state index contributed by atoms with van der Waals surface area (Å²) in [7, 11) is 0. The first-order valence-corrected chi connectivity index (χ1v) is 5.23. The number of alkyl halides is 2. The molecule has 0 fully saturated rings. The number of nitrogens with zero attached hydrogens (tertiary/aromatic N) is 1. The van der Waals surface area contributed by atoms with Crippen molar-refractivity contribution in [2.45, 2.75) is 6.43 Å². The number of rotatable bonds is 2. The lowest BCUT2D eigenvalue weighted by atomic mass is 9.94. The monoisotopic (exact) mass is 245 g/mol. The lowest BCUT2D eigenvalue weighted by Gasteiger charge is -2.11. The molecule has 2 nitrogen and oxygen atoms in total. The molecule has 0 aromatic heterocycles. The van der Waals surface area contributed by atoms with Gasteiger partial charge in [0.15, 0.2) is 0 Å². The summed E-state index contributed by atoms with van der Waals surface area (Å²) in [6.07, 6.45) is -2.14. The number of nitriles is 1. The Hall–Kier alpha value is -2.41. The van der Waals surface area contributed by atoms with Crippen LogP contribution in [0.1, 0.15) is 17.6 Å². The van der Waals surface area contributed by atoms with Crippen molar-refractivity contribution in [2.75, 3.05) is 0 Å². The van der Waals surface area contributed by atoms with Crippen molar-refractivity contribution >= 4 is 16.3 Å². The van der Waals surface area contributed by atoms with E-state index in [9.17, 15) is 8.78 Å². The fourth-order valence-corrected chi connectivity index (χ4v) is 1.92. The molecule has 0 saturated carbocycles. The third-order valence-corrected chi connectivity index (χ3v) is 2.72. The van der Waals surface area contributed by atoms with E-state index in [0.717, 1.165) is 5.39 Å². The van der Waals surface area contributed by atoms with Gasteiger partial charge in [-0.2, -0.15) is 5.26 Å². The molecule has 0 aliphatic heterocycles. The second kappa shape index (κ2) is 4.84. The lowest BCUT2D eigenvalue weighted by molar-refractivity contribution is 0.151. The molecule has 2 aromatic carbocycles. The third kappa shape index (κ3) is 1.91. The van der Waals surface area contributed by atoms with Crippen LogP contribution in [0.25, 0.3) is 16.3 Å². The Morgan fingerprint density at radius 2 is 1.94 bits per heavy atom. The van der Waals surface area contributed by atoms with Crippen molar-refractivity contribution in [1.29, 1.82) is 5.26 Å². The molecule has 18 heavy (non-hydrogen) atoms. The summed E-state index contributed by atoms with van der Waals surface area (Å²) in [5, 5.41) is 19.2. The topological polar surface area (TPSA) is 44.0 Å². The van der Waals surface area contributed by atoms with Crippen LogP contribution in [0.15, 0.2) is 42.7 Å². The van der Waals surface area contributed by atoms with Crippen LogP contribution in [0, 0.1) is 11.3 Å². The van der Waals surface area contributed by atoms with Crippen LogP contribution in [0.2, 0.25) is 0 Å². The summed E-state index contributed by atoms with van der Waals surface area (Å²) < 4.78 is 25.9. The Kier molecular flexibility index (Phi) is 3.24. The molecule has 0 spiro atoms. The molecule has 0 unspecified atom stereocenters. The maximum atomic E-state index is 13.0. The van der Waals surface area contributed by atoms with Crippen molar-refractivity contribution in [3.63, 3.8) is 0 Å². The summed E-state index contributed by atoms with van der Waals surface area (Å²) in [5.74, 6) is 0. The molecule has 1 N–H and O–H groups in total. The van der Waals surface area contributed by atoms with Crippen LogP contribution in [0.4, 0.5) is 8.78 Å². The number of halogens is 2. The zero-order chi connectivity index (χ0) is 13.1. The van der Waals surface area contributed by atoms with Gasteiger partial charge < -0.3 is 5.11 Å². The Labute approximate surface area is 102 Å². The summed E-state index contributed by atoms with van der Waals surface area (Å²) >= 11 is 0. The SMILES string of the molecule is N#CC(=CO)c1c(C(F)F)ccc2ccccc12. The van der Waals surface area contributed by atoms with Crippen molar-refractivity contribution in [3.8, 4) is 6.07 Å². The highest BCUT2D eigenvalue weighted by atomic mass is 19.3. The maximum Gasteiger partial charge on any atom is 0.264 e. The van der Waals surface area contributed by atoms with E-state index in [4.69, 9.17) is 10.4 Å². The molecule has 0 aliphatic carbocycles. The first-order chi connectivity index (χ1) is 8.69. The van der Waals surface area contributed by atoms with Gasteiger partial charge in [-0.25, -0.2) is 8.78 Å². The smallest absolute Gasteiger partial charge is 0.264 e. The van der Waals surface area contributed by atoms with Gasteiger partial charge in [-0.3, -0.25) is 0 Å². The number of benzene rings is 2. The molecular weight excluding hydrogens is 236 g/mol. The first kappa shape index (κ1) is 12.1. The van der Waals surface area contributed by atoms with E-state index in [1.165, 1.54) is 6.07 Å². The van der Waals surface area contributed by atoms with Crippen LogP contribution in [-0.4, -0.2) is 5.11 Å². The zero-order valence-corrected chi connectivity index (χ0v) is 9.27. The molecule has 0 saturated heterocycles. The maximum absolute atomic E-state index is 13.0. The normalized spacial score (nSPS) is 11.8. The van der Waals surface area contributed by atoms with Gasteiger partial charge >= 0.3 is 0 Å². The van der Waals surface area contributed by atoms with Crippen LogP contribution in [0.3, 0.4) is 0 Å². The molecule has 0 radical (unpaired) electrons. The van der Waals surface area contributed by atoms with Crippen molar-refractivity contribution < 1.29 is 13.9 Å². The summed E-state index contributed by atoms with van der Waals surface area (Å²) in [6, 6.07) is 11.5. The van der Waals surface area contributed by atoms with E-state index >= 15 is 0 Å². The van der Waals surface area contributed by atoms with E-state index in [2.05, 4.69) is 0 Å². The molecule has 2 rings (SSSR count). The van der Waals surface area contributed by atoms with Gasteiger partial charge in [-0.15, -0.1) is 0 Å². The summed E-state index contributed by atoms with van der Waals surface area (Å²) in [5.41, 5.74) is -0.328. The van der Waals surface area contributed by atoms with Crippen molar-refractivity contribution in [1.82, 2.24) is 0 Å². The molecule has 2 aromatic rings. The second-order valence-electron chi connectivity index (χ2n) is 3.71. The van der Waals surface area contributed by atoms with Crippen molar-refractivity contribution in [2.24, 2.45) is 0 Å². The number of allylic oxidation sites excluding steroid dienone is 1. The fourth-order valence-electron chi connectivity index (χ4n) is 1.92. The minimum absolute atomic E-state index is 0.0908. The van der Waals surface area contributed by atoms with Gasteiger partial charge in [-0.1, -0.05) is 36.4 Å². The third-order valence-electron chi connectivity index (χ3n) is 2.72. The number of fused-ring (bicyclic) bond motifs is 1. The van der Waals surface area contributed by atoms with Gasteiger partial charge in [0.1, 0.15) is 6.07 Å². The van der Waals surface area contributed by atoms with E-state index in [1.54, 1.807) is 36.4 Å². The number of hydrogen-bond acceptors (Lipinski definition) is 2. The van der Waals surface area contributed by atoms with E-state index in [1.807, 2.05) is 0 Å². The van der Waals surface area contributed by atoms with Gasteiger partial charge in [0.25, 0.3) is 6.43 Å². The number of hydrogen-bond donors (Lipinski definition) is 1. The Morgan fingerprint density at radius 1 is 1.22 bits per heavy atom. The minimum Gasteiger partial charge on any atom is -0.514 e. The predicted molar refractivity (Wildman–Crippen MR) is 65.1 cm³/mol. The highest BCUT2D eigenvalue weighted by molar-refractivity contribution is 5.98. The molecule has 0 bridgehead atoms. The van der Waals surface area contributed by atoms with Gasteiger partial charge in [0, 0.05) is 11.1 Å². The molecule has 0 atom stereocenters. The van der Waals surface area contributed by atoms with E-state index < -0.39 is 6.43 Å². The largest absolute Gasteiger partial charge is 0.514 e. The molecular formula is C14H9F2NO. The van der Waals surface area contributed by atoms with Crippen molar-refractivity contribution in [3.05, 3.63) is 53.8 Å². The van der Waals surface area contributed by atoms with Crippen LogP contribution >= 0.6 is 0 Å². The average Bonchev–Trinajstić information content (AvgIpc) is 2.40. The minimum atomic E-state index is -2.70. The average molecular weight is 245 g/mol. The van der Waals surface area contributed by atoms with Crippen LogP contribution in [0.5, 0.6) is 0 Å². The number of aliphatic hydroxyl groups is 1. The highest BCUT2D eigenvalue weighted by Crippen LogP contribution is 2.33. The van der Waals surface area contributed by atoms with Gasteiger partial charge in [0.05, 0.1) is 11.8 Å². The van der Waals surface area contributed by atoms with Crippen LogP contribution in [-0.2, 0) is 0 Å². The standard InChI is InChI=1S/C14H9F2NO/c15-14(16)12-6-5-9-3-1-2-4-11(9)13(12)10(7-17)8-18/h1-6,8,14,18H. The van der Waals surface area contributed by atoms with Gasteiger partial charge in [0.2, 0.25) is 0 Å². The predicted octanol–water partition coefficient (Wildman–Crippen LogP) is 4.20. The van der Waals surface area contributed by atoms with E-state index in [-0.39, 0.29) is 16.7 Å². The quantitative estimate of drug-likeness (QED) is 0.636. The summed E-state index contributed by atoms with van der Waals surface area (Å²) in [4.78, 5) is 0. The lowest BCUT2D eigenvalue weighted by Crippen LogP contribution is -1.95.